The van der Waals surface area contributed by atoms with E-state index in [1.54, 1.807) is 24.1 Å². The minimum absolute atomic E-state index is 0.180. The van der Waals surface area contributed by atoms with Crippen LogP contribution in [0.25, 0.3) is 10.8 Å². The third-order valence-corrected chi connectivity index (χ3v) is 6.88. The quantitative estimate of drug-likeness (QED) is 0.532. The molecule has 3 amide bonds. The van der Waals surface area contributed by atoms with Crippen LogP contribution in [0.2, 0.25) is 0 Å². The number of aryl methyl sites for hydroxylation is 1. The van der Waals surface area contributed by atoms with Crippen molar-refractivity contribution in [2.75, 3.05) is 19.1 Å². The standard InChI is InChI=1S/C28H28N4O5/c1-17(31(2)28(35)36)26(33)30-23-12-9-19-6-4-5-7-24(19)32(27(23)34)16-22-21-11-8-18(15-29)14-20(21)10-13-25(22)37-3/h4-8,10-11,13-14,17,23H,9,12,16H2,1-3H3,(H,30,33)(H,35,36)/t17-,23-/m0/s1. The largest absolute Gasteiger partial charge is 0.496 e. The van der Waals surface area contributed by atoms with Gasteiger partial charge in [-0.25, -0.2) is 4.79 Å². The van der Waals surface area contributed by atoms with E-state index in [-0.39, 0.29) is 12.5 Å². The van der Waals surface area contributed by atoms with Crippen molar-refractivity contribution in [3.05, 3.63) is 71.3 Å². The highest BCUT2D eigenvalue weighted by atomic mass is 16.5. The van der Waals surface area contributed by atoms with Gasteiger partial charge in [-0.3, -0.25) is 14.5 Å². The van der Waals surface area contributed by atoms with Crippen LogP contribution in [0.1, 0.15) is 30.0 Å². The van der Waals surface area contributed by atoms with Crippen molar-refractivity contribution in [1.82, 2.24) is 10.2 Å². The molecule has 4 rings (SSSR count). The minimum Gasteiger partial charge on any atom is -0.496 e. The summed E-state index contributed by atoms with van der Waals surface area (Å²) in [6, 6.07) is 17.0. The summed E-state index contributed by atoms with van der Waals surface area (Å²) in [4.78, 5) is 40.6. The zero-order chi connectivity index (χ0) is 26.7. The number of methoxy groups -OCH3 is 1. The molecule has 2 N–H and O–H groups in total. The Labute approximate surface area is 214 Å². The molecule has 0 unspecified atom stereocenters. The van der Waals surface area contributed by atoms with Gasteiger partial charge < -0.3 is 20.1 Å². The fraction of sp³-hybridized carbons (Fsp3) is 0.286. The molecule has 2 atom stereocenters. The molecule has 1 aliphatic heterocycles. The first-order valence-electron chi connectivity index (χ1n) is 11.9. The van der Waals surface area contributed by atoms with Crippen LogP contribution in [0.15, 0.2) is 54.6 Å². The van der Waals surface area contributed by atoms with Gasteiger partial charge in [-0.1, -0.05) is 30.3 Å². The summed E-state index contributed by atoms with van der Waals surface area (Å²) in [6.07, 6.45) is -0.295. The Kier molecular flexibility index (Phi) is 7.30. The number of anilines is 1. The van der Waals surface area contributed by atoms with Gasteiger partial charge in [0.25, 0.3) is 0 Å². The lowest BCUT2D eigenvalue weighted by molar-refractivity contribution is -0.130. The van der Waals surface area contributed by atoms with E-state index in [2.05, 4.69) is 11.4 Å². The SMILES string of the molecule is COc1ccc2cc(C#N)ccc2c1CN1C(=O)[C@@H](NC(=O)[C@H](C)N(C)C(=O)O)CCc2ccccc21. The van der Waals surface area contributed by atoms with Gasteiger partial charge in [-0.05, 0) is 60.4 Å². The van der Waals surface area contributed by atoms with Gasteiger partial charge >= 0.3 is 6.09 Å². The lowest BCUT2D eigenvalue weighted by Crippen LogP contribution is -2.53. The number of nitriles is 1. The molecule has 0 fully saturated rings. The van der Waals surface area contributed by atoms with Crippen molar-refractivity contribution < 1.29 is 24.2 Å². The Morgan fingerprint density at radius 2 is 2.00 bits per heavy atom. The minimum atomic E-state index is -1.23. The zero-order valence-corrected chi connectivity index (χ0v) is 20.9. The zero-order valence-electron chi connectivity index (χ0n) is 20.9. The number of ether oxygens (including phenoxy) is 1. The summed E-state index contributed by atoms with van der Waals surface area (Å²) in [5.41, 5.74) is 3.02. The lowest BCUT2D eigenvalue weighted by atomic mass is 10.0. The number of nitrogens with zero attached hydrogens (tertiary/aromatic N) is 3. The molecule has 0 aliphatic carbocycles. The molecule has 0 aromatic heterocycles. The van der Waals surface area contributed by atoms with E-state index in [4.69, 9.17) is 4.74 Å². The summed E-state index contributed by atoms with van der Waals surface area (Å²) < 4.78 is 5.64. The number of hydrogen-bond donors (Lipinski definition) is 2. The van der Waals surface area contributed by atoms with E-state index in [1.807, 2.05) is 42.5 Å². The van der Waals surface area contributed by atoms with Crippen LogP contribution in [-0.2, 0) is 22.6 Å². The normalized spacial score (nSPS) is 15.8. The number of fused-ring (bicyclic) bond motifs is 2. The van der Waals surface area contributed by atoms with Crippen LogP contribution < -0.4 is 15.0 Å². The number of carboxylic acid groups (broad SMARTS) is 1. The van der Waals surface area contributed by atoms with Gasteiger partial charge in [0, 0.05) is 18.3 Å². The Morgan fingerprint density at radius 1 is 1.24 bits per heavy atom. The van der Waals surface area contributed by atoms with Crippen LogP contribution in [0, 0.1) is 11.3 Å². The monoisotopic (exact) mass is 500 g/mol. The van der Waals surface area contributed by atoms with E-state index < -0.39 is 24.1 Å². The Morgan fingerprint density at radius 3 is 2.70 bits per heavy atom. The number of nitrogens with one attached hydrogen (secondary N) is 1. The fourth-order valence-corrected chi connectivity index (χ4v) is 4.60. The highest BCUT2D eigenvalue weighted by Crippen LogP contribution is 2.34. The molecule has 3 aromatic rings. The fourth-order valence-electron chi connectivity index (χ4n) is 4.60. The molecule has 1 aliphatic rings. The van der Waals surface area contributed by atoms with Crippen molar-refractivity contribution >= 4 is 34.4 Å². The number of carbonyl (C=O) groups excluding carboxylic acids is 2. The smallest absolute Gasteiger partial charge is 0.407 e. The van der Waals surface area contributed by atoms with E-state index in [0.717, 1.165) is 32.5 Å². The molecule has 0 saturated carbocycles. The molecule has 9 nitrogen and oxygen atoms in total. The first-order chi connectivity index (χ1) is 17.7. The summed E-state index contributed by atoms with van der Waals surface area (Å²) in [6.45, 7) is 1.66. The third kappa shape index (κ3) is 5.05. The summed E-state index contributed by atoms with van der Waals surface area (Å²) in [5.74, 6) is -0.235. The van der Waals surface area contributed by atoms with Crippen molar-refractivity contribution in [1.29, 1.82) is 5.26 Å². The summed E-state index contributed by atoms with van der Waals surface area (Å²) in [5, 5.41) is 23.0. The third-order valence-electron chi connectivity index (χ3n) is 6.88. The topological polar surface area (TPSA) is 123 Å². The molecular weight excluding hydrogens is 472 g/mol. The van der Waals surface area contributed by atoms with Crippen molar-refractivity contribution in [2.24, 2.45) is 0 Å². The van der Waals surface area contributed by atoms with Crippen molar-refractivity contribution in [3.8, 4) is 11.8 Å². The van der Waals surface area contributed by atoms with Gasteiger partial charge in [-0.15, -0.1) is 0 Å². The number of amides is 3. The van der Waals surface area contributed by atoms with Crippen LogP contribution >= 0.6 is 0 Å². The maximum absolute atomic E-state index is 13.9. The molecule has 9 heteroatoms. The van der Waals surface area contributed by atoms with Crippen LogP contribution in [0.5, 0.6) is 5.75 Å². The Bertz CT molecular complexity index is 1410. The Hall–Kier alpha value is -4.58. The summed E-state index contributed by atoms with van der Waals surface area (Å²) in [7, 11) is 2.88. The second-order valence-electron chi connectivity index (χ2n) is 9.02. The van der Waals surface area contributed by atoms with E-state index in [0.29, 0.717) is 24.2 Å². The predicted octanol–water partition coefficient (Wildman–Crippen LogP) is 3.68. The Balaban J connectivity index is 1.73. The molecule has 37 heavy (non-hydrogen) atoms. The van der Waals surface area contributed by atoms with E-state index in [9.17, 15) is 24.8 Å². The van der Waals surface area contributed by atoms with Crippen molar-refractivity contribution in [2.45, 2.75) is 38.4 Å². The van der Waals surface area contributed by atoms with Gasteiger partial charge in [0.1, 0.15) is 17.8 Å². The highest BCUT2D eigenvalue weighted by molar-refractivity contribution is 6.02. The molecule has 3 aromatic carbocycles. The molecule has 0 bridgehead atoms. The number of hydrogen-bond acceptors (Lipinski definition) is 5. The average Bonchev–Trinajstić information content (AvgIpc) is 3.04. The van der Waals surface area contributed by atoms with Crippen LogP contribution in [0.4, 0.5) is 10.5 Å². The van der Waals surface area contributed by atoms with Crippen molar-refractivity contribution in [3.63, 3.8) is 0 Å². The number of rotatable bonds is 6. The van der Waals surface area contributed by atoms with E-state index >= 15 is 0 Å². The van der Waals surface area contributed by atoms with Gasteiger partial charge in [0.05, 0.1) is 25.3 Å². The van der Waals surface area contributed by atoms with Crippen LogP contribution in [0.3, 0.4) is 0 Å². The predicted molar refractivity (Wildman–Crippen MR) is 138 cm³/mol. The molecule has 0 saturated heterocycles. The lowest BCUT2D eigenvalue weighted by Gasteiger charge is -2.29. The molecule has 190 valence electrons. The second kappa shape index (κ2) is 10.6. The average molecular weight is 501 g/mol. The molecular formula is C28H28N4O5. The maximum Gasteiger partial charge on any atom is 0.407 e. The number of likely N-dealkylation sites (N-methyl/N-ethyl adjacent to an activating group) is 1. The first kappa shape index (κ1) is 25.5. The van der Waals surface area contributed by atoms with Gasteiger partial charge in [0.15, 0.2) is 0 Å². The van der Waals surface area contributed by atoms with Crippen LogP contribution in [-0.4, -0.2) is 54.2 Å². The highest BCUT2D eigenvalue weighted by Gasteiger charge is 2.34. The molecule has 0 radical (unpaired) electrons. The number of carbonyl (C=O) groups is 3. The molecule has 1 heterocycles. The number of benzene rings is 3. The number of para-hydroxylation sites is 1. The van der Waals surface area contributed by atoms with Gasteiger partial charge in [0.2, 0.25) is 11.8 Å². The van der Waals surface area contributed by atoms with Gasteiger partial charge in [-0.2, -0.15) is 5.26 Å². The second-order valence-corrected chi connectivity index (χ2v) is 9.02. The summed E-state index contributed by atoms with van der Waals surface area (Å²) >= 11 is 0. The van der Waals surface area contributed by atoms with E-state index in [1.165, 1.54) is 14.0 Å². The maximum atomic E-state index is 13.9. The molecule has 0 spiro atoms. The first-order valence-corrected chi connectivity index (χ1v) is 11.9.